The number of benzene rings is 1. The van der Waals surface area contributed by atoms with E-state index in [9.17, 15) is 4.79 Å². The van der Waals surface area contributed by atoms with E-state index >= 15 is 0 Å². The number of nitrogens with zero attached hydrogens (tertiary/aromatic N) is 3. The van der Waals surface area contributed by atoms with Crippen LogP contribution in [0.5, 0.6) is 0 Å². The molecular weight excluding hydrogens is 380 g/mol. The minimum absolute atomic E-state index is 0.0698. The van der Waals surface area contributed by atoms with Gasteiger partial charge in [0.05, 0.1) is 32.9 Å². The van der Waals surface area contributed by atoms with Crippen molar-refractivity contribution in [3.63, 3.8) is 0 Å². The molecule has 4 aromatic rings. The largest absolute Gasteiger partial charge is 0.349 e. The molecule has 0 spiro atoms. The molecule has 1 N–H and O–H groups in total. The molecule has 0 unspecified atom stereocenters. The monoisotopic (exact) mass is 404 g/mol. The van der Waals surface area contributed by atoms with Gasteiger partial charge in [-0.3, -0.25) is 4.79 Å². The summed E-state index contributed by atoms with van der Waals surface area (Å²) in [7, 11) is 0. The number of aromatic nitrogens is 3. The van der Waals surface area contributed by atoms with Crippen LogP contribution >= 0.6 is 11.3 Å². The van der Waals surface area contributed by atoms with Crippen LogP contribution in [0.1, 0.15) is 42.7 Å². The van der Waals surface area contributed by atoms with Crippen LogP contribution in [-0.4, -0.2) is 26.7 Å². The highest BCUT2D eigenvalue weighted by atomic mass is 32.1. The second-order valence-corrected chi connectivity index (χ2v) is 8.00. The van der Waals surface area contributed by atoms with Crippen LogP contribution in [0, 0.1) is 6.92 Å². The molecule has 0 saturated carbocycles. The molecule has 3 aromatic heterocycles. The summed E-state index contributed by atoms with van der Waals surface area (Å²) in [6, 6.07) is 16.0. The number of hydrogen-bond donors (Lipinski definition) is 1. The minimum Gasteiger partial charge on any atom is -0.349 e. The van der Waals surface area contributed by atoms with Crippen molar-refractivity contribution >= 4 is 28.3 Å². The van der Waals surface area contributed by atoms with E-state index in [2.05, 4.69) is 19.2 Å². The average molecular weight is 405 g/mol. The third-order valence-electron chi connectivity index (χ3n) is 5.15. The smallest absolute Gasteiger partial charge is 0.252 e. The quantitative estimate of drug-likeness (QED) is 0.470. The second-order valence-electron chi connectivity index (χ2n) is 7.05. The van der Waals surface area contributed by atoms with E-state index in [4.69, 9.17) is 10.1 Å². The first-order valence-corrected chi connectivity index (χ1v) is 10.8. The number of pyridine rings is 1. The molecule has 6 heteroatoms. The van der Waals surface area contributed by atoms with Gasteiger partial charge in [-0.15, -0.1) is 11.3 Å². The molecular formula is C23H24N4OS. The Hall–Kier alpha value is -2.99. The van der Waals surface area contributed by atoms with Gasteiger partial charge in [-0.2, -0.15) is 5.10 Å². The van der Waals surface area contributed by atoms with Gasteiger partial charge >= 0.3 is 0 Å². The fourth-order valence-corrected chi connectivity index (χ4v) is 4.21. The van der Waals surface area contributed by atoms with E-state index in [1.54, 1.807) is 11.3 Å². The van der Waals surface area contributed by atoms with E-state index in [-0.39, 0.29) is 11.9 Å². The summed E-state index contributed by atoms with van der Waals surface area (Å²) in [5.41, 5.74) is 3.84. The Kier molecular flexibility index (Phi) is 5.45. The van der Waals surface area contributed by atoms with Crippen LogP contribution in [0.25, 0.3) is 27.3 Å². The van der Waals surface area contributed by atoms with Crippen molar-refractivity contribution in [3.05, 3.63) is 65.2 Å². The van der Waals surface area contributed by atoms with E-state index in [1.165, 1.54) is 0 Å². The third-order valence-corrected chi connectivity index (χ3v) is 6.04. The number of nitrogens with one attached hydrogen (secondary N) is 1. The SMILES string of the molecule is CCC(CC)NC(=O)c1cc(-c2cccs2)nc2c1c(C)nn2-c1ccccc1. The maximum Gasteiger partial charge on any atom is 0.252 e. The minimum atomic E-state index is -0.0698. The lowest BCUT2D eigenvalue weighted by Gasteiger charge is -2.15. The van der Waals surface area contributed by atoms with Gasteiger partial charge in [0.2, 0.25) is 0 Å². The van der Waals surface area contributed by atoms with Crippen LogP contribution in [0.15, 0.2) is 53.9 Å². The van der Waals surface area contributed by atoms with Crippen LogP contribution < -0.4 is 5.32 Å². The predicted molar refractivity (Wildman–Crippen MR) is 119 cm³/mol. The fourth-order valence-electron chi connectivity index (χ4n) is 3.52. The van der Waals surface area contributed by atoms with Crippen molar-refractivity contribution in [1.82, 2.24) is 20.1 Å². The van der Waals surface area contributed by atoms with Crippen LogP contribution in [0.2, 0.25) is 0 Å². The van der Waals surface area contributed by atoms with Gasteiger partial charge in [0.25, 0.3) is 5.91 Å². The standard InChI is InChI=1S/C23H24N4OS/c1-4-16(5-2)24-23(28)18-14-19(20-12-9-13-29-20)25-22-21(18)15(3)26-27(22)17-10-7-6-8-11-17/h6-14,16H,4-5H2,1-3H3,(H,24,28). The molecule has 1 aromatic carbocycles. The number of amides is 1. The lowest BCUT2D eigenvalue weighted by atomic mass is 10.1. The Labute approximate surface area is 174 Å². The number of rotatable bonds is 6. The fraction of sp³-hybridized carbons (Fsp3) is 0.261. The Bertz CT molecular complexity index is 1130. The van der Waals surface area contributed by atoms with Crippen molar-refractivity contribution in [2.75, 3.05) is 0 Å². The van der Waals surface area contributed by atoms with E-state index in [0.717, 1.165) is 40.2 Å². The Morgan fingerprint density at radius 3 is 2.55 bits per heavy atom. The summed E-state index contributed by atoms with van der Waals surface area (Å²) in [5.74, 6) is -0.0698. The molecule has 0 radical (unpaired) electrons. The topological polar surface area (TPSA) is 59.8 Å². The van der Waals surface area contributed by atoms with Crippen molar-refractivity contribution in [2.45, 2.75) is 39.7 Å². The molecule has 0 aliphatic heterocycles. The van der Waals surface area contributed by atoms with Crippen molar-refractivity contribution in [3.8, 4) is 16.3 Å². The summed E-state index contributed by atoms with van der Waals surface area (Å²) in [5, 5.41) is 10.7. The van der Waals surface area contributed by atoms with Gasteiger partial charge in [0.15, 0.2) is 5.65 Å². The molecule has 0 fully saturated rings. The van der Waals surface area contributed by atoms with Crippen LogP contribution in [0.4, 0.5) is 0 Å². The van der Waals surface area contributed by atoms with Crippen LogP contribution in [0.3, 0.4) is 0 Å². The molecule has 0 bridgehead atoms. The highest BCUT2D eigenvalue weighted by Crippen LogP contribution is 2.30. The predicted octanol–water partition coefficient (Wildman–Crippen LogP) is 5.38. The molecule has 3 heterocycles. The zero-order chi connectivity index (χ0) is 20.4. The van der Waals surface area contributed by atoms with Gasteiger partial charge < -0.3 is 5.32 Å². The number of carbonyl (C=O) groups is 1. The molecule has 0 aliphatic carbocycles. The van der Waals surface area contributed by atoms with Gasteiger partial charge in [0.1, 0.15) is 0 Å². The van der Waals surface area contributed by atoms with E-state index in [1.807, 2.05) is 65.5 Å². The summed E-state index contributed by atoms with van der Waals surface area (Å²) in [6.07, 6.45) is 1.80. The van der Waals surface area contributed by atoms with Gasteiger partial charge in [-0.05, 0) is 49.4 Å². The van der Waals surface area contributed by atoms with Crippen molar-refractivity contribution in [1.29, 1.82) is 0 Å². The molecule has 0 atom stereocenters. The second kappa shape index (κ2) is 8.17. The number of hydrogen-bond acceptors (Lipinski definition) is 4. The van der Waals surface area contributed by atoms with Gasteiger partial charge in [-0.25, -0.2) is 9.67 Å². The molecule has 0 saturated heterocycles. The molecule has 0 aliphatic rings. The summed E-state index contributed by atoms with van der Waals surface area (Å²) >= 11 is 1.61. The highest BCUT2D eigenvalue weighted by molar-refractivity contribution is 7.13. The molecule has 148 valence electrons. The summed E-state index contributed by atoms with van der Waals surface area (Å²) in [6.45, 7) is 6.11. The van der Waals surface area contributed by atoms with Crippen molar-refractivity contribution in [2.24, 2.45) is 0 Å². The Morgan fingerprint density at radius 1 is 1.14 bits per heavy atom. The molecule has 29 heavy (non-hydrogen) atoms. The first-order chi connectivity index (χ1) is 14.1. The van der Waals surface area contributed by atoms with Crippen molar-refractivity contribution < 1.29 is 4.79 Å². The number of thiophene rings is 1. The summed E-state index contributed by atoms with van der Waals surface area (Å²) in [4.78, 5) is 19.2. The van der Waals surface area contributed by atoms with E-state index < -0.39 is 0 Å². The van der Waals surface area contributed by atoms with Crippen LogP contribution in [-0.2, 0) is 0 Å². The third kappa shape index (κ3) is 3.68. The Morgan fingerprint density at radius 2 is 1.90 bits per heavy atom. The lowest BCUT2D eigenvalue weighted by molar-refractivity contribution is 0.0936. The first kappa shape index (κ1) is 19.3. The maximum atomic E-state index is 13.2. The van der Waals surface area contributed by atoms with E-state index in [0.29, 0.717) is 11.2 Å². The normalized spacial score (nSPS) is 11.3. The highest BCUT2D eigenvalue weighted by Gasteiger charge is 2.22. The lowest BCUT2D eigenvalue weighted by Crippen LogP contribution is -2.34. The maximum absolute atomic E-state index is 13.2. The van der Waals surface area contributed by atoms with Gasteiger partial charge in [0, 0.05) is 6.04 Å². The molecule has 5 nitrogen and oxygen atoms in total. The number of fused-ring (bicyclic) bond motifs is 1. The number of carbonyl (C=O) groups excluding carboxylic acids is 1. The average Bonchev–Trinajstić information content (AvgIpc) is 3.40. The Balaban J connectivity index is 1.94. The zero-order valence-corrected chi connectivity index (χ0v) is 17.7. The summed E-state index contributed by atoms with van der Waals surface area (Å²) < 4.78 is 1.83. The molecule has 1 amide bonds. The molecule has 4 rings (SSSR count). The van der Waals surface area contributed by atoms with Gasteiger partial charge in [-0.1, -0.05) is 38.1 Å². The number of aryl methyl sites for hydroxylation is 1. The number of para-hydroxylation sites is 1. The first-order valence-electron chi connectivity index (χ1n) is 9.92. The zero-order valence-electron chi connectivity index (χ0n) is 16.8.